The molecule has 0 saturated carbocycles. The number of aromatic nitrogens is 1. The number of pyridine rings is 1. The third kappa shape index (κ3) is 2.56. The van der Waals surface area contributed by atoms with E-state index in [0.717, 1.165) is 33.0 Å². The van der Waals surface area contributed by atoms with Crippen molar-refractivity contribution in [1.82, 2.24) is 4.98 Å². The molecule has 100 valence electrons. The lowest BCUT2D eigenvalue weighted by atomic mass is 10.2. The van der Waals surface area contributed by atoms with Crippen LogP contribution in [0.25, 0.3) is 10.9 Å². The number of benzene rings is 2. The molecule has 0 amide bonds. The summed E-state index contributed by atoms with van der Waals surface area (Å²) in [6.07, 6.45) is 1.73. The van der Waals surface area contributed by atoms with E-state index in [0.29, 0.717) is 0 Å². The molecule has 20 heavy (non-hydrogen) atoms. The maximum absolute atomic E-state index is 5.91. The lowest BCUT2D eigenvalue weighted by Crippen LogP contribution is -1.89. The normalized spacial score (nSPS) is 10.5. The van der Waals surface area contributed by atoms with Crippen molar-refractivity contribution >= 4 is 23.5 Å². The molecule has 0 unspecified atom stereocenters. The Morgan fingerprint density at radius 1 is 0.950 bits per heavy atom. The molecule has 0 bridgehead atoms. The van der Waals surface area contributed by atoms with E-state index < -0.39 is 0 Å². The maximum atomic E-state index is 5.91. The van der Waals surface area contributed by atoms with Gasteiger partial charge >= 0.3 is 0 Å². The topological polar surface area (TPSA) is 31.4 Å². The quantitative estimate of drug-likeness (QED) is 0.726. The highest BCUT2D eigenvalue weighted by atomic mass is 32.1. The fraction of sp³-hybridized carbons (Fsp3) is 0.0625. The Bertz CT molecular complexity index is 741. The van der Waals surface area contributed by atoms with Crippen molar-refractivity contribution in [2.45, 2.75) is 4.90 Å². The highest BCUT2D eigenvalue weighted by Crippen LogP contribution is 2.30. The monoisotopic (exact) mass is 283 g/mol. The van der Waals surface area contributed by atoms with Gasteiger partial charge in [0.2, 0.25) is 0 Å². The molecule has 0 spiro atoms. The molecular formula is C16H13NO2S. The first-order valence-electron chi connectivity index (χ1n) is 6.16. The first-order chi connectivity index (χ1) is 9.76. The van der Waals surface area contributed by atoms with Crippen LogP contribution < -0.4 is 9.47 Å². The van der Waals surface area contributed by atoms with Gasteiger partial charge in [-0.05, 0) is 42.5 Å². The van der Waals surface area contributed by atoms with Crippen molar-refractivity contribution in [3.63, 3.8) is 0 Å². The number of thiol groups is 1. The first kappa shape index (κ1) is 12.8. The van der Waals surface area contributed by atoms with E-state index in [1.807, 2.05) is 48.5 Å². The molecule has 1 heterocycles. The summed E-state index contributed by atoms with van der Waals surface area (Å²) in [6, 6.07) is 15.1. The summed E-state index contributed by atoms with van der Waals surface area (Å²) in [5, 5.41) is 0.947. The highest BCUT2D eigenvalue weighted by Gasteiger charge is 2.05. The summed E-state index contributed by atoms with van der Waals surface area (Å²) in [6.45, 7) is 0. The summed E-state index contributed by atoms with van der Waals surface area (Å²) < 4.78 is 11.1. The predicted octanol–water partition coefficient (Wildman–Crippen LogP) is 4.32. The first-order valence-corrected chi connectivity index (χ1v) is 6.60. The van der Waals surface area contributed by atoms with Gasteiger partial charge in [-0.15, -0.1) is 12.6 Å². The van der Waals surface area contributed by atoms with Crippen molar-refractivity contribution in [2.24, 2.45) is 0 Å². The van der Waals surface area contributed by atoms with Gasteiger partial charge in [-0.2, -0.15) is 0 Å². The fourth-order valence-electron chi connectivity index (χ4n) is 1.96. The molecule has 2 aromatic carbocycles. The number of fused-ring (bicyclic) bond motifs is 1. The van der Waals surface area contributed by atoms with Crippen LogP contribution in [0.15, 0.2) is 59.6 Å². The molecule has 3 aromatic rings. The van der Waals surface area contributed by atoms with Crippen LogP contribution in [0.2, 0.25) is 0 Å². The summed E-state index contributed by atoms with van der Waals surface area (Å²) in [7, 11) is 1.64. The zero-order valence-electron chi connectivity index (χ0n) is 10.9. The molecule has 4 heteroatoms. The van der Waals surface area contributed by atoms with E-state index in [-0.39, 0.29) is 0 Å². The maximum Gasteiger partial charge on any atom is 0.138 e. The van der Waals surface area contributed by atoms with Crippen LogP contribution in [0.1, 0.15) is 0 Å². The molecule has 0 radical (unpaired) electrons. The van der Waals surface area contributed by atoms with Gasteiger partial charge < -0.3 is 9.47 Å². The zero-order valence-corrected chi connectivity index (χ0v) is 11.8. The number of hydrogen-bond donors (Lipinski definition) is 1. The number of hydrogen-bond acceptors (Lipinski definition) is 4. The minimum Gasteiger partial charge on any atom is -0.497 e. The summed E-state index contributed by atoms with van der Waals surface area (Å²) in [5.74, 6) is 2.32. The fourth-order valence-corrected chi connectivity index (χ4v) is 2.11. The van der Waals surface area contributed by atoms with Gasteiger partial charge in [0.1, 0.15) is 17.2 Å². The van der Waals surface area contributed by atoms with Crippen LogP contribution in [0.3, 0.4) is 0 Å². The SMILES string of the molecule is COc1ccc2c(Oc3ccc(S)cc3)ccnc2c1. The highest BCUT2D eigenvalue weighted by molar-refractivity contribution is 7.80. The number of methoxy groups -OCH3 is 1. The Morgan fingerprint density at radius 2 is 1.70 bits per heavy atom. The summed E-state index contributed by atoms with van der Waals surface area (Å²) in [5.41, 5.74) is 0.840. The largest absolute Gasteiger partial charge is 0.497 e. The molecule has 3 nitrogen and oxygen atoms in total. The van der Waals surface area contributed by atoms with Crippen LogP contribution in [0.5, 0.6) is 17.2 Å². The van der Waals surface area contributed by atoms with Crippen LogP contribution in [-0.2, 0) is 0 Å². The third-order valence-electron chi connectivity index (χ3n) is 2.97. The van der Waals surface area contributed by atoms with Gasteiger partial charge in [0.25, 0.3) is 0 Å². The minimum atomic E-state index is 0.768. The predicted molar refractivity (Wildman–Crippen MR) is 82.1 cm³/mol. The van der Waals surface area contributed by atoms with E-state index in [9.17, 15) is 0 Å². The van der Waals surface area contributed by atoms with Gasteiger partial charge in [0.05, 0.1) is 12.6 Å². The Morgan fingerprint density at radius 3 is 2.45 bits per heavy atom. The second kappa shape index (κ2) is 5.43. The Labute approximate surface area is 122 Å². The lowest BCUT2D eigenvalue weighted by Gasteiger charge is -2.09. The van der Waals surface area contributed by atoms with Crippen molar-refractivity contribution in [2.75, 3.05) is 7.11 Å². The number of rotatable bonds is 3. The molecule has 0 aliphatic carbocycles. The number of ether oxygens (including phenoxy) is 2. The molecule has 3 rings (SSSR count). The average molecular weight is 283 g/mol. The van der Waals surface area contributed by atoms with E-state index in [4.69, 9.17) is 9.47 Å². The van der Waals surface area contributed by atoms with Crippen molar-refractivity contribution < 1.29 is 9.47 Å². The van der Waals surface area contributed by atoms with Gasteiger partial charge in [-0.3, -0.25) is 4.98 Å². The zero-order chi connectivity index (χ0) is 13.9. The molecule has 0 fully saturated rings. The molecule has 1 aromatic heterocycles. The Kier molecular flexibility index (Phi) is 3.48. The van der Waals surface area contributed by atoms with Crippen LogP contribution in [-0.4, -0.2) is 12.1 Å². The van der Waals surface area contributed by atoms with E-state index in [1.165, 1.54) is 0 Å². The molecule has 0 saturated heterocycles. The van der Waals surface area contributed by atoms with E-state index >= 15 is 0 Å². The standard InChI is InChI=1S/C16H13NO2S/c1-18-12-4-7-14-15(10-12)17-9-8-16(14)19-11-2-5-13(20)6-3-11/h2-10,20H,1H3. The molecule has 0 atom stereocenters. The van der Waals surface area contributed by atoms with Gasteiger partial charge in [-0.25, -0.2) is 0 Å². The van der Waals surface area contributed by atoms with E-state index in [1.54, 1.807) is 13.3 Å². The van der Waals surface area contributed by atoms with Crippen LogP contribution in [0, 0.1) is 0 Å². The molecule has 0 N–H and O–H groups in total. The Balaban J connectivity index is 2.01. The van der Waals surface area contributed by atoms with Gasteiger partial charge in [-0.1, -0.05) is 0 Å². The van der Waals surface area contributed by atoms with Crippen LogP contribution in [0.4, 0.5) is 0 Å². The Hall–Kier alpha value is -2.20. The molecule has 0 aliphatic heterocycles. The summed E-state index contributed by atoms with van der Waals surface area (Å²) >= 11 is 4.26. The molecule has 0 aliphatic rings. The van der Waals surface area contributed by atoms with Crippen molar-refractivity contribution in [3.8, 4) is 17.2 Å². The lowest BCUT2D eigenvalue weighted by molar-refractivity contribution is 0.415. The average Bonchev–Trinajstić information content (AvgIpc) is 2.49. The number of nitrogens with zero attached hydrogens (tertiary/aromatic N) is 1. The summed E-state index contributed by atoms with van der Waals surface area (Å²) in [4.78, 5) is 5.24. The van der Waals surface area contributed by atoms with E-state index in [2.05, 4.69) is 17.6 Å². The van der Waals surface area contributed by atoms with Gasteiger partial charge in [0.15, 0.2) is 0 Å². The second-order valence-electron chi connectivity index (χ2n) is 4.29. The van der Waals surface area contributed by atoms with Crippen LogP contribution >= 0.6 is 12.6 Å². The van der Waals surface area contributed by atoms with Gasteiger partial charge in [0, 0.05) is 22.5 Å². The minimum absolute atomic E-state index is 0.768. The second-order valence-corrected chi connectivity index (χ2v) is 4.80. The van der Waals surface area contributed by atoms with Crippen molar-refractivity contribution in [3.05, 3.63) is 54.7 Å². The molecular weight excluding hydrogens is 270 g/mol. The smallest absolute Gasteiger partial charge is 0.138 e. The van der Waals surface area contributed by atoms with Crippen molar-refractivity contribution in [1.29, 1.82) is 0 Å². The third-order valence-corrected chi connectivity index (χ3v) is 3.27.